The predicted octanol–water partition coefficient (Wildman–Crippen LogP) is 3.59. The van der Waals surface area contributed by atoms with E-state index in [2.05, 4.69) is 0 Å². The Morgan fingerprint density at radius 3 is 2.65 bits per heavy atom. The first-order chi connectivity index (χ1) is 9.61. The quantitative estimate of drug-likeness (QED) is 0.831. The highest BCUT2D eigenvalue weighted by molar-refractivity contribution is 7.85. The molecule has 2 nitrogen and oxygen atoms in total. The van der Waals surface area contributed by atoms with E-state index >= 15 is 0 Å². The van der Waals surface area contributed by atoms with Gasteiger partial charge in [0.15, 0.2) is 0 Å². The molecule has 1 aliphatic heterocycles. The van der Waals surface area contributed by atoms with E-state index in [-0.39, 0.29) is 5.25 Å². The SMILES string of the molecule is CC[C@@H](c1ccc(F)cc1F)[S@@](=O)CC1CCOCC1. The zero-order chi connectivity index (χ0) is 14.5. The van der Waals surface area contributed by atoms with Crippen molar-refractivity contribution in [3.63, 3.8) is 0 Å². The van der Waals surface area contributed by atoms with Gasteiger partial charge < -0.3 is 4.74 Å². The van der Waals surface area contributed by atoms with E-state index in [1.165, 1.54) is 12.1 Å². The molecule has 0 saturated carbocycles. The lowest BCUT2D eigenvalue weighted by atomic mass is 10.0. The van der Waals surface area contributed by atoms with Crippen LogP contribution in [0.1, 0.15) is 37.0 Å². The van der Waals surface area contributed by atoms with Crippen LogP contribution in [0.3, 0.4) is 0 Å². The number of ether oxygens (including phenoxy) is 1. The van der Waals surface area contributed by atoms with Gasteiger partial charge in [-0.05, 0) is 31.2 Å². The second-order valence-electron chi connectivity index (χ2n) is 5.17. The summed E-state index contributed by atoms with van der Waals surface area (Å²) in [4.78, 5) is 0. The fourth-order valence-corrected chi connectivity index (χ4v) is 4.45. The van der Waals surface area contributed by atoms with Gasteiger partial charge in [0.2, 0.25) is 0 Å². The number of rotatable bonds is 5. The molecule has 2 atom stereocenters. The molecule has 0 N–H and O–H groups in total. The van der Waals surface area contributed by atoms with Crippen molar-refractivity contribution >= 4 is 10.8 Å². The van der Waals surface area contributed by atoms with Crippen molar-refractivity contribution in [2.24, 2.45) is 5.92 Å². The zero-order valence-corrected chi connectivity index (χ0v) is 12.4. The van der Waals surface area contributed by atoms with E-state index in [0.29, 0.717) is 36.9 Å². The molecule has 1 aromatic rings. The molecule has 1 fully saturated rings. The topological polar surface area (TPSA) is 26.3 Å². The van der Waals surface area contributed by atoms with Crippen LogP contribution in [0.15, 0.2) is 18.2 Å². The predicted molar refractivity (Wildman–Crippen MR) is 75.9 cm³/mol. The summed E-state index contributed by atoms with van der Waals surface area (Å²) in [6.07, 6.45) is 2.40. The molecule has 1 aliphatic rings. The molecule has 0 aromatic heterocycles. The van der Waals surface area contributed by atoms with Crippen LogP contribution in [-0.4, -0.2) is 23.2 Å². The Bertz CT molecular complexity index is 473. The smallest absolute Gasteiger partial charge is 0.130 e. The van der Waals surface area contributed by atoms with Crippen LogP contribution in [0.25, 0.3) is 0 Å². The number of halogens is 2. The van der Waals surface area contributed by atoms with Crippen molar-refractivity contribution in [3.05, 3.63) is 35.4 Å². The number of benzene rings is 1. The first kappa shape index (κ1) is 15.6. The molecule has 0 unspecified atom stereocenters. The molecule has 5 heteroatoms. The minimum atomic E-state index is -1.14. The van der Waals surface area contributed by atoms with Gasteiger partial charge in [-0.2, -0.15) is 0 Å². The maximum atomic E-state index is 13.8. The molecule has 0 bridgehead atoms. The lowest BCUT2D eigenvalue weighted by molar-refractivity contribution is 0.0725. The minimum absolute atomic E-state index is 0.360. The maximum absolute atomic E-state index is 13.8. The maximum Gasteiger partial charge on any atom is 0.130 e. The highest BCUT2D eigenvalue weighted by Crippen LogP contribution is 2.29. The molecule has 20 heavy (non-hydrogen) atoms. The normalized spacial score (nSPS) is 19.8. The summed E-state index contributed by atoms with van der Waals surface area (Å²) in [5.74, 6) is -0.255. The summed E-state index contributed by atoms with van der Waals surface area (Å²) < 4.78 is 44.6. The molecule has 1 aromatic carbocycles. The van der Waals surface area contributed by atoms with E-state index < -0.39 is 22.4 Å². The minimum Gasteiger partial charge on any atom is -0.381 e. The Hall–Kier alpha value is -0.810. The highest BCUT2D eigenvalue weighted by atomic mass is 32.2. The summed E-state index contributed by atoms with van der Waals surface area (Å²) in [5, 5.41) is -0.363. The molecule has 0 spiro atoms. The second-order valence-corrected chi connectivity index (χ2v) is 6.83. The standard InChI is InChI=1S/C15H20F2O2S/c1-2-15(13-4-3-12(16)9-14(13)17)20(18)10-11-5-7-19-8-6-11/h3-4,9,11,15H,2,5-8,10H2,1H3/t15-,20-/m0/s1. The summed E-state index contributed by atoms with van der Waals surface area (Å²) in [5.41, 5.74) is 0.360. The molecule has 1 heterocycles. The van der Waals surface area contributed by atoms with Crippen LogP contribution in [0.5, 0.6) is 0 Å². The van der Waals surface area contributed by atoms with Crippen LogP contribution >= 0.6 is 0 Å². The molecular formula is C15H20F2O2S. The van der Waals surface area contributed by atoms with Gasteiger partial charge in [-0.1, -0.05) is 13.0 Å². The fraction of sp³-hybridized carbons (Fsp3) is 0.600. The lowest BCUT2D eigenvalue weighted by Gasteiger charge is -2.24. The zero-order valence-electron chi connectivity index (χ0n) is 11.6. The van der Waals surface area contributed by atoms with Gasteiger partial charge in [0.25, 0.3) is 0 Å². The van der Waals surface area contributed by atoms with Crippen molar-refractivity contribution in [1.82, 2.24) is 0 Å². The third-order valence-corrected chi connectivity index (χ3v) is 5.76. The van der Waals surface area contributed by atoms with Crippen LogP contribution in [0, 0.1) is 17.6 Å². The van der Waals surface area contributed by atoms with Crippen LogP contribution < -0.4 is 0 Å². The molecule has 0 aliphatic carbocycles. The van der Waals surface area contributed by atoms with E-state index in [1.54, 1.807) is 0 Å². The van der Waals surface area contributed by atoms with Gasteiger partial charge in [-0.15, -0.1) is 0 Å². The Balaban J connectivity index is 2.08. The second kappa shape index (κ2) is 7.27. The van der Waals surface area contributed by atoms with E-state index in [1.807, 2.05) is 6.92 Å². The van der Waals surface area contributed by atoms with Crippen molar-refractivity contribution in [3.8, 4) is 0 Å². The van der Waals surface area contributed by atoms with Crippen molar-refractivity contribution < 1.29 is 17.7 Å². The summed E-state index contributed by atoms with van der Waals surface area (Å²) in [6, 6.07) is 3.51. The molecule has 0 amide bonds. The molecule has 1 saturated heterocycles. The Kier molecular flexibility index (Phi) is 5.66. The Labute approximate surface area is 121 Å². The average molecular weight is 302 g/mol. The van der Waals surface area contributed by atoms with Gasteiger partial charge in [0.05, 0.1) is 5.25 Å². The van der Waals surface area contributed by atoms with Gasteiger partial charge in [0.1, 0.15) is 11.6 Å². The highest BCUT2D eigenvalue weighted by Gasteiger charge is 2.24. The molecular weight excluding hydrogens is 282 g/mol. The first-order valence-electron chi connectivity index (χ1n) is 7.01. The van der Waals surface area contributed by atoms with Crippen LogP contribution in [0.2, 0.25) is 0 Å². The summed E-state index contributed by atoms with van der Waals surface area (Å²) >= 11 is 0. The summed E-state index contributed by atoms with van der Waals surface area (Å²) in [6.45, 7) is 3.31. The molecule has 112 valence electrons. The number of hydrogen-bond donors (Lipinski definition) is 0. The van der Waals surface area contributed by atoms with Gasteiger partial charge in [-0.3, -0.25) is 4.21 Å². The summed E-state index contributed by atoms with van der Waals surface area (Å²) in [7, 11) is -1.14. The fourth-order valence-electron chi connectivity index (χ4n) is 2.57. The first-order valence-corrected chi connectivity index (χ1v) is 8.40. The van der Waals surface area contributed by atoms with Crippen molar-refractivity contribution in [1.29, 1.82) is 0 Å². The van der Waals surface area contributed by atoms with E-state index in [4.69, 9.17) is 4.74 Å². The van der Waals surface area contributed by atoms with Crippen LogP contribution in [0.4, 0.5) is 8.78 Å². The van der Waals surface area contributed by atoms with Gasteiger partial charge >= 0.3 is 0 Å². The third-order valence-electron chi connectivity index (χ3n) is 3.74. The van der Waals surface area contributed by atoms with Gasteiger partial charge in [0, 0.05) is 41.4 Å². The average Bonchev–Trinajstić information content (AvgIpc) is 2.43. The molecule has 0 radical (unpaired) electrons. The largest absolute Gasteiger partial charge is 0.381 e. The van der Waals surface area contributed by atoms with Crippen LogP contribution in [-0.2, 0) is 15.5 Å². The monoisotopic (exact) mass is 302 g/mol. The van der Waals surface area contributed by atoms with Crippen molar-refractivity contribution in [2.75, 3.05) is 19.0 Å². The lowest BCUT2D eigenvalue weighted by Crippen LogP contribution is -2.23. The van der Waals surface area contributed by atoms with E-state index in [0.717, 1.165) is 18.9 Å². The third kappa shape index (κ3) is 3.85. The van der Waals surface area contributed by atoms with Gasteiger partial charge in [-0.25, -0.2) is 8.78 Å². The van der Waals surface area contributed by atoms with E-state index in [9.17, 15) is 13.0 Å². The Morgan fingerprint density at radius 2 is 2.05 bits per heavy atom. The van der Waals surface area contributed by atoms with Crippen molar-refractivity contribution in [2.45, 2.75) is 31.4 Å². The Morgan fingerprint density at radius 1 is 1.35 bits per heavy atom. The molecule has 2 rings (SSSR count). The number of hydrogen-bond acceptors (Lipinski definition) is 2.